The molecule has 1 fully saturated rings. The molecular formula is C11H20N2O3. The minimum atomic E-state index is -0.550. The van der Waals surface area contributed by atoms with Crippen molar-refractivity contribution < 1.29 is 14.3 Å². The molecular weight excluding hydrogens is 208 g/mol. The van der Waals surface area contributed by atoms with Gasteiger partial charge in [0.05, 0.1) is 12.5 Å². The van der Waals surface area contributed by atoms with Crippen molar-refractivity contribution in [3.8, 4) is 0 Å². The van der Waals surface area contributed by atoms with E-state index in [0.717, 1.165) is 0 Å². The van der Waals surface area contributed by atoms with Crippen molar-refractivity contribution in [2.75, 3.05) is 0 Å². The minimum absolute atomic E-state index is 0.123. The van der Waals surface area contributed by atoms with Crippen LogP contribution < -0.4 is 5.43 Å². The zero-order valence-corrected chi connectivity index (χ0v) is 10.5. The van der Waals surface area contributed by atoms with E-state index in [0.29, 0.717) is 6.42 Å². The summed E-state index contributed by atoms with van der Waals surface area (Å²) in [6.07, 6.45) is -0.145. The normalized spacial score (nSPS) is 21.2. The van der Waals surface area contributed by atoms with Crippen molar-refractivity contribution in [2.24, 2.45) is 5.92 Å². The van der Waals surface area contributed by atoms with E-state index in [1.54, 1.807) is 20.8 Å². The Morgan fingerprint density at radius 3 is 2.50 bits per heavy atom. The summed E-state index contributed by atoms with van der Waals surface area (Å²) >= 11 is 0. The fourth-order valence-electron chi connectivity index (χ4n) is 1.57. The second-order valence-electron chi connectivity index (χ2n) is 5.40. The van der Waals surface area contributed by atoms with Crippen LogP contribution >= 0.6 is 0 Å². The second kappa shape index (κ2) is 4.31. The average Bonchev–Trinajstić information content (AvgIpc) is 2.44. The standard InChI is InChI=1S/C11H20N2O3/c1-7(2)8-6-9(14)12-13(8)10(15)16-11(3,4)5/h7-8H,6H2,1-5H3,(H,12,14). The van der Waals surface area contributed by atoms with Gasteiger partial charge in [0.2, 0.25) is 5.91 Å². The quantitative estimate of drug-likeness (QED) is 0.743. The minimum Gasteiger partial charge on any atom is -0.442 e. The molecule has 1 saturated heterocycles. The number of amides is 2. The molecule has 1 aliphatic heterocycles. The molecule has 1 atom stereocenters. The van der Waals surface area contributed by atoms with Crippen molar-refractivity contribution in [3.05, 3.63) is 0 Å². The number of hydrazine groups is 1. The molecule has 0 saturated carbocycles. The molecule has 5 nitrogen and oxygen atoms in total. The molecule has 0 radical (unpaired) electrons. The number of ether oxygens (including phenoxy) is 1. The van der Waals surface area contributed by atoms with Gasteiger partial charge in [-0.2, -0.15) is 0 Å². The SMILES string of the molecule is CC(C)C1CC(=O)NN1C(=O)OC(C)(C)C. The Morgan fingerprint density at radius 1 is 1.50 bits per heavy atom. The van der Waals surface area contributed by atoms with Gasteiger partial charge in [0.1, 0.15) is 5.60 Å². The summed E-state index contributed by atoms with van der Waals surface area (Å²) in [5, 5.41) is 1.30. The first-order valence-corrected chi connectivity index (χ1v) is 5.52. The van der Waals surface area contributed by atoms with Gasteiger partial charge in [-0.25, -0.2) is 9.80 Å². The van der Waals surface area contributed by atoms with E-state index in [4.69, 9.17) is 4.74 Å². The Kier molecular flexibility index (Phi) is 3.45. The highest BCUT2D eigenvalue weighted by molar-refractivity contribution is 5.83. The number of hydrogen-bond acceptors (Lipinski definition) is 3. The molecule has 16 heavy (non-hydrogen) atoms. The predicted octanol–water partition coefficient (Wildman–Crippen LogP) is 1.68. The predicted molar refractivity (Wildman–Crippen MR) is 59.5 cm³/mol. The maximum Gasteiger partial charge on any atom is 0.429 e. The van der Waals surface area contributed by atoms with Crippen LogP contribution in [0.25, 0.3) is 0 Å². The van der Waals surface area contributed by atoms with Gasteiger partial charge in [0.15, 0.2) is 0 Å². The topological polar surface area (TPSA) is 58.6 Å². The Morgan fingerprint density at radius 2 is 2.06 bits per heavy atom. The van der Waals surface area contributed by atoms with Crippen LogP contribution in [0.3, 0.4) is 0 Å². The third kappa shape index (κ3) is 3.12. The van der Waals surface area contributed by atoms with E-state index < -0.39 is 11.7 Å². The van der Waals surface area contributed by atoms with Gasteiger partial charge < -0.3 is 4.74 Å². The van der Waals surface area contributed by atoms with Crippen LogP contribution in [0.4, 0.5) is 4.79 Å². The number of carbonyl (C=O) groups excluding carboxylic acids is 2. The number of rotatable bonds is 1. The van der Waals surface area contributed by atoms with Gasteiger partial charge in [-0.1, -0.05) is 13.8 Å². The van der Waals surface area contributed by atoms with E-state index in [1.807, 2.05) is 13.8 Å². The molecule has 2 amide bonds. The van der Waals surface area contributed by atoms with Gasteiger partial charge in [-0.15, -0.1) is 0 Å². The number of nitrogens with one attached hydrogen (secondary N) is 1. The summed E-state index contributed by atoms with van der Waals surface area (Å²) in [4.78, 5) is 23.1. The van der Waals surface area contributed by atoms with Crippen molar-refractivity contribution in [2.45, 2.75) is 52.7 Å². The van der Waals surface area contributed by atoms with E-state index in [-0.39, 0.29) is 17.9 Å². The van der Waals surface area contributed by atoms with Gasteiger partial charge in [-0.3, -0.25) is 10.2 Å². The third-order valence-corrected chi connectivity index (χ3v) is 2.33. The number of carbonyl (C=O) groups is 2. The maximum atomic E-state index is 11.8. The Labute approximate surface area is 96.1 Å². The lowest BCUT2D eigenvalue weighted by atomic mass is 10.0. The molecule has 0 aromatic carbocycles. The molecule has 1 unspecified atom stereocenters. The van der Waals surface area contributed by atoms with Crippen LogP contribution in [0.2, 0.25) is 0 Å². The lowest BCUT2D eigenvalue weighted by Gasteiger charge is -2.29. The van der Waals surface area contributed by atoms with Gasteiger partial charge in [-0.05, 0) is 26.7 Å². The second-order valence-corrected chi connectivity index (χ2v) is 5.40. The summed E-state index contributed by atoms with van der Waals surface area (Å²) in [6, 6.07) is -0.123. The van der Waals surface area contributed by atoms with Crippen LogP contribution in [-0.2, 0) is 9.53 Å². The molecule has 1 N–H and O–H groups in total. The van der Waals surface area contributed by atoms with Gasteiger partial charge >= 0.3 is 6.09 Å². The average molecular weight is 228 g/mol. The Balaban J connectivity index is 2.71. The smallest absolute Gasteiger partial charge is 0.429 e. The first-order chi connectivity index (χ1) is 7.20. The molecule has 5 heteroatoms. The van der Waals surface area contributed by atoms with E-state index in [9.17, 15) is 9.59 Å². The summed E-state index contributed by atoms with van der Waals surface area (Å²) in [5.74, 6) is 0.0797. The van der Waals surface area contributed by atoms with E-state index >= 15 is 0 Å². The molecule has 1 heterocycles. The van der Waals surface area contributed by atoms with Gasteiger partial charge in [0.25, 0.3) is 0 Å². The van der Waals surface area contributed by atoms with Crippen molar-refractivity contribution >= 4 is 12.0 Å². The van der Waals surface area contributed by atoms with Crippen molar-refractivity contribution in [1.29, 1.82) is 0 Å². The lowest BCUT2D eigenvalue weighted by molar-refractivity contribution is -0.121. The molecule has 0 spiro atoms. The molecule has 1 aliphatic rings. The lowest BCUT2D eigenvalue weighted by Crippen LogP contribution is -2.47. The number of nitrogens with zero attached hydrogens (tertiary/aromatic N) is 1. The third-order valence-electron chi connectivity index (χ3n) is 2.33. The van der Waals surface area contributed by atoms with Gasteiger partial charge in [0, 0.05) is 0 Å². The van der Waals surface area contributed by atoms with Crippen LogP contribution in [0, 0.1) is 5.92 Å². The fraction of sp³-hybridized carbons (Fsp3) is 0.818. The molecule has 0 aromatic heterocycles. The highest BCUT2D eigenvalue weighted by Gasteiger charge is 2.38. The molecule has 0 aromatic rings. The first-order valence-electron chi connectivity index (χ1n) is 5.52. The largest absolute Gasteiger partial charge is 0.442 e. The molecule has 92 valence electrons. The van der Waals surface area contributed by atoms with Crippen LogP contribution in [0.15, 0.2) is 0 Å². The van der Waals surface area contributed by atoms with Crippen molar-refractivity contribution in [1.82, 2.24) is 10.4 Å². The maximum absolute atomic E-state index is 11.8. The monoisotopic (exact) mass is 228 g/mol. The molecule has 0 aliphatic carbocycles. The van der Waals surface area contributed by atoms with Crippen LogP contribution in [0.5, 0.6) is 0 Å². The highest BCUT2D eigenvalue weighted by Crippen LogP contribution is 2.21. The summed E-state index contributed by atoms with van der Waals surface area (Å²) in [6.45, 7) is 9.35. The summed E-state index contributed by atoms with van der Waals surface area (Å²) in [7, 11) is 0. The Hall–Kier alpha value is -1.26. The number of hydrogen-bond donors (Lipinski definition) is 1. The molecule has 0 bridgehead atoms. The first kappa shape index (κ1) is 12.8. The van der Waals surface area contributed by atoms with E-state index in [1.165, 1.54) is 5.01 Å². The Bertz CT molecular complexity index is 294. The van der Waals surface area contributed by atoms with E-state index in [2.05, 4.69) is 5.43 Å². The highest BCUT2D eigenvalue weighted by atomic mass is 16.6. The summed E-state index contributed by atoms with van der Waals surface area (Å²) < 4.78 is 5.22. The fourth-order valence-corrected chi connectivity index (χ4v) is 1.57. The van der Waals surface area contributed by atoms with Crippen molar-refractivity contribution in [3.63, 3.8) is 0 Å². The molecule has 1 rings (SSSR count). The zero-order valence-electron chi connectivity index (χ0n) is 10.5. The summed E-state index contributed by atoms with van der Waals surface area (Å²) in [5.41, 5.74) is 1.98. The van der Waals surface area contributed by atoms with Crippen LogP contribution in [-0.4, -0.2) is 28.7 Å². The van der Waals surface area contributed by atoms with Crippen LogP contribution in [0.1, 0.15) is 41.0 Å². The zero-order chi connectivity index (χ0) is 12.5.